The van der Waals surface area contributed by atoms with Crippen molar-refractivity contribution in [2.75, 3.05) is 38.3 Å². The summed E-state index contributed by atoms with van der Waals surface area (Å²) in [7, 11) is 1.51. The number of hydrogen-bond donors (Lipinski definition) is 2. The second kappa shape index (κ2) is 18.1. The van der Waals surface area contributed by atoms with E-state index in [9.17, 15) is 24.3 Å². The molecule has 2 aromatic carbocycles. The van der Waals surface area contributed by atoms with E-state index in [-0.39, 0.29) is 50.4 Å². The SMILES string of the molecule is C=CCCC(=O)N[C@H](COC)[C@H](OC(=O)[C@@H]1[C@H]2C(=O)N(CCCCCCO)[C@H](C(=O)N(CC=C)c3ccccc3Cl)[C@]23CC[C@H]1O3)c1ccccc1. The van der Waals surface area contributed by atoms with Crippen LogP contribution in [0.4, 0.5) is 5.69 Å². The highest BCUT2D eigenvalue weighted by Gasteiger charge is 2.75. The second-order valence-corrected chi connectivity index (χ2v) is 14.0. The van der Waals surface area contributed by atoms with Gasteiger partial charge in [0.15, 0.2) is 0 Å². The van der Waals surface area contributed by atoms with E-state index in [0.717, 1.165) is 12.8 Å². The number of hydrogen-bond acceptors (Lipinski definition) is 8. The number of para-hydroxylation sites is 1. The number of rotatable bonds is 20. The Balaban J connectivity index is 1.49. The Hall–Kier alpha value is -4.03. The van der Waals surface area contributed by atoms with Crippen LogP contribution in [0.3, 0.4) is 0 Å². The number of methoxy groups -OCH3 is 1. The summed E-state index contributed by atoms with van der Waals surface area (Å²) in [4.78, 5) is 60.0. The number of fused-ring (bicyclic) bond motifs is 1. The molecule has 3 aliphatic heterocycles. The number of carbonyl (C=O) groups excluding carboxylic acids is 4. The van der Waals surface area contributed by atoms with E-state index in [4.69, 9.17) is 25.8 Å². The number of anilines is 1. The first-order valence-corrected chi connectivity index (χ1v) is 18.5. The Kier molecular flexibility index (Phi) is 13.7. The van der Waals surface area contributed by atoms with Crippen LogP contribution in [-0.2, 0) is 33.4 Å². The molecule has 1 spiro atoms. The molecule has 2 N–H and O–H groups in total. The minimum Gasteiger partial charge on any atom is -0.455 e. The molecular weight excluding hydrogens is 686 g/mol. The Morgan fingerprint density at radius 1 is 1.10 bits per heavy atom. The number of ether oxygens (including phenoxy) is 3. The van der Waals surface area contributed by atoms with Crippen LogP contribution in [-0.4, -0.2) is 90.9 Å². The number of esters is 1. The Labute approximate surface area is 310 Å². The number of likely N-dealkylation sites (tertiary alicyclic amines) is 1. The van der Waals surface area contributed by atoms with Crippen molar-refractivity contribution < 1.29 is 38.5 Å². The van der Waals surface area contributed by atoms with Crippen molar-refractivity contribution in [1.82, 2.24) is 10.2 Å². The summed E-state index contributed by atoms with van der Waals surface area (Å²) in [5, 5.41) is 12.6. The molecule has 2 bridgehead atoms. The molecule has 3 amide bonds. The third-order valence-corrected chi connectivity index (χ3v) is 10.7. The van der Waals surface area contributed by atoms with Gasteiger partial charge >= 0.3 is 5.97 Å². The van der Waals surface area contributed by atoms with Gasteiger partial charge in [0.2, 0.25) is 11.8 Å². The average molecular weight is 736 g/mol. The number of unbranched alkanes of at least 4 members (excludes halogenated alkanes) is 3. The summed E-state index contributed by atoms with van der Waals surface area (Å²) < 4.78 is 18.5. The normalized spacial score (nSPS) is 24.2. The van der Waals surface area contributed by atoms with Gasteiger partial charge in [0.1, 0.15) is 17.7 Å². The van der Waals surface area contributed by atoms with Crippen LogP contribution in [0.2, 0.25) is 5.02 Å². The number of nitrogens with one attached hydrogen (secondary N) is 1. The maximum absolute atomic E-state index is 14.8. The number of allylic oxidation sites excluding steroid dienone is 1. The van der Waals surface area contributed by atoms with Crippen LogP contribution in [0.25, 0.3) is 0 Å². The first kappa shape index (κ1) is 39.2. The van der Waals surface area contributed by atoms with Crippen molar-refractivity contribution in [3.63, 3.8) is 0 Å². The van der Waals surface area contributed by atoms with Crippen LogP contribution in [0.1, 0.15) is 63.0 Å². The molecule has 3 aliphatic rings. The van der Waals surface area contributed by atoms with Crippen molar-refractivity contribution in [1.29, 1.82) is 0 Å². The number of carbonyl (C=O) groups is 4. The molecule has 280 valence electrons. The number of aliphatic hydroxyl groups is 1. The van der Waals surface area contributed by atoms with Gasteiger partial charge in [-0.1, -0.05) is 79.1 Å². The molecule has 3 heterocycles. The van der Waals surface area contributed by atoms with Crippen molar-refractivity contribution in [3.05, 3.63) is 90.5 Å². The molecule has 7 atom stereocenters. The van der Waals surface area contributed by atoms with Gasteiger partial charge in [0.05, 0.1) is 41.3 Å². The number of halogens is 1. The van der Waals surface area contributed by atoms with Crippen molar-refractivity contribution >= 4 is 41.0 Å². The zero-order valence-electron chi connectivity index (χ0n) is 29.8. The zero-order valence-corrected chi connectivity index (χ0v) is 30.5. The van der Waals surface area contributed by atoms with Crippen molar-refractivity contribution in [2.45, 2.75) is 81.3 Å². The lowest BCUT2D eigenvalue weighted by Gasteiger charge is -2.37. The van der Waals surface area contributed by atoms with Gasteiger partial charge in [-0.3, -0.25) is 19.2 Å². The van der Waals surface area contributed by atoms with Crippen molar-refractivity contribution in [3.8, 4) is 0 Å². The fourth-order valence-electron chi connectivity index (χ4n) is 8.07. The number of aliphatic hydroxyl groups excluding tert-OH is 1. The summed E-state index contributed by atoms with van der Waals surface area (Å²) in [6.45, 7) is 8.12. The highest BCUT2D eigenvalue weighted by Crippen LogP contribution is 2.59. The van der Waals surface area contributed by atoms with E-state index in [2.05, 4.69) is 18.5 Å². The van der Waals surface area contributed by atoms with E-state index in [1.165, 1.54) is 12.0 Å². The van der Waals surface area contributed by atoms with Crippen LogP contribution in [0.5, 0.6) is 0 Å². The molecule has 0 radical (unpaired) electrons. The van der Waals surface area contributed by atoms with Crippen LogP contribution < -0.4 is 10.2 Å². The lowest BCUT2D eigenvalue weighted by atomic mass is 9.70. The monoisotopic (exact) mass is 735 g/mol. The second-order valence-electron chi connectivity index (χ2n) is 13.6. The van der Waals surface area contributed by atoms with Gasteiger partial charge in [-0.15, -0.1) is 13.2 Å². The highest BCUT2D eigenvalue weighted by atomic mass is 35.5. The maximum atomic E-state index is 14.8. The summed E-state index contributed by atoms with van der Waals surface area (Å²) in [6, 6.07) is 14.4. The fourth-order valence-corrected chi connectivity index (χ4v) is 8.31. The summed E-state index contributed by atoms with van der Waals surface area (Å²) >= 11 is 6.60. The van der Waals surface area contributed by atoms with Gasteiger partial charge in [-0.05, 0) is 49.8 Å². The minimum absolute atomic E-state index is 0.0609. The lowest BCUT2D eigenvalue weighted by molar-refractivity contribution is -0.163. The van der Waals surface area contributed by atoms with E-state index in [1.54, 1.807) is 41.3 Å². The number of nitrogens with zero attached hydrogens (tertiary/aromatic N) is 2. The molecule has 11 nitrogen and oxygen atoms in total. The minimum atomic E-state index is -1.26. The van der Waals surface area contributed by atoms with Crippen LogP contribution >= 0.6 is 11.6 Å². The molecule has 12 heteroatoms. The molecule has 52 heavy (non-hydrogen) atoms. The topological polar surface area (TPSA) is 135 Å². The summed E-state index contributed by atoms with van der Waals surface area (Å²) in [5.74, 6) is -3.50. The number of benzene rings is 2. The molecule has 0 aromatic heterocycles. The lowest BCUT2D eigenvalue weighted by Crippen LogP contribution is -2.56. The molecule has 0 saturated carbocycles. The van der Waals surface area contributed by atoms with E-state index in [1.807, 2.05) is 30.3 Å². The maximum Gasteiger partial charge on any atom is 0.313 e. The van der Waals surface area contributed by atoms with E-state index >= 15 is 0 Å². The Morgan fingerprint density at radius 2 is 1.83 bits per heavy atom. The quantitative estimate of drug-likeness (QED) is 0.108. The van der Waals surface area contributed by atoms with Gasteiger partial charge in [-0.25, -0.2) is 0 Å². The molecule has 0 aliphatic carbocycles. The predicted molar refractivity (Wildman–Crippen MR) is 197 cm³/mol. The summed E-state index contributed by atoms with van der Waals surface area (Å²) in [6.07, 6.45) is 6.01. The van der Waals surface area contributed by atoms with Gasteiger partial charge in [0.25, 0.3) is 5.91 Å². The average Bonchev–Trinajstić information content (AvgIpc) is 3.79. The van der Waals surface area contributed by atoms with Gasteiger partial charge in [0, 0.05) is 33.2 Å². The fraction of sp³-hybridized carbons (Fsp3) is 0.500. The molecule has 2 aromatic rings. The van der Waals surface area contributed by atoms with Gasteiger partial charge < -0.3 is 34.4 Å². The highest BCUT2D eigenvalue weighted by molar-refractivity contribution is 6.34. The predicted octanol–water partition coefficient (Wildman–Crippen LogP) is 5.17. The standard InChI is InChI=1S/C40H50ClN3O8/c1-4-6-20-32(46)42-29(26-50-3)35(27-16-10-9-11-17-27)51-39(49)33-31-21-22-40(52-31)34(33)37(47)44(24-14-7-8-15-25-45)36(40)38(48)43(23-5-2)30-19-13-12-18-28(30)41/h4-5,9-13,16-19,29,31,33-36,45H,1-2,6-8,14-15,20-26H2,3H3,(H,42,46)/t29-,31-,33+,34+,35-,36-,40+/m1/s1. The molecule has 0 unspecified atom stereocenters. The molecule has 3 fully saturated rings. The van der Waals surface area contributed by atoms with Crippen LogP contribution in [0.15, 0.2) is 79.9 Å². The van der Waals surface area contributed by atoms with E-state index in [0.29, 0.717) is 48.4 Å². The van der Waals surface area contributed by atoms with Crippen molar-refractivity contribution in [2.24, 2.45) is 11.8 Å². The third kappa shape index (κ3) is 8.12. The largest absolute Gasteiger partial charge is 0.455 e. The van der Waals surface area contributed by atoms with E-state index < -0.39 is 47.7 Å². The Morgan fingerprint density at radius 3 is 2.52 bits per heavy atom. The zero-order chi connectivity index (χ0) is 37.3. The van der Waals surface area contributed by atoms with Gasteiger partial charge in [-0.2, -0.15) is 0 Å². The van der Waals surface area contributed by atoms with Crippen LogP contribution in [0, 0.1) is 11.8 Å². The first-order chi connectivity index (χ1) is 25.2. The molecule has 5 rings (SSSR count). The Bertz CT molecular complexity index is 1590. The smallest absolute Gasteiger partial charge is 0.313 e. The molecular formula is C40H50ClN3O8. The molecule has 3 saturated heterocycles. The summed E-state index contributed by atoms with van der Waals surface area (Å²) in [5.41, 5.74) is -0.130. The number of amides is 3. The first-order valence-electron chi connectivity index (χ1n) is 18.1. The third-order valence-electron chi connectivity index (χ3n) is 10.3.